The van der Waals surface area contributed by atoms with E-state index in [9.17, 15) is 22.4 Å². The predicted molar refractivity (Wildman–Crippen MR) is 124 cm³/mol. The lowest BCUT2D eigenvalue weighted by molar-refractivity contribution is -0.140. The van der Waals surface area contributed by atoms with Gasteiger partial charge in [0.05, 0.1) is 17.4 Å². The summed E-state index contributed by atoms with van der Waals surface area (Å²) in [6, 6.07) is 1.91. The summed E-state index contributed by atoms with van der Waals surface area (Å²) in [5, 5.41) is 3.17. The minimum atomic E-state index is -4.03. The van der Waals surface area contributed by atoms with Gasteiger partial charge in [0.25, 0.3) is 21.8 Å². The van der Waals surface area contributed by atoms with Crippen LogP contribution < -0.4 is 10.2 Å². The third kappa shape index (κ3) is 3.30. The van der Waals surface area contributed by atoms with Gasteiger partial charge < -0.3 is 10.2 Å². The van der Waals surface area contributed by atoms with E-state index in [4.69, 9.17) is 0 Å². The molecule has 1 aromatic rings. The van der Waals surface area contributed by atoms with Gasteiger partial charge in [-0.2, -0.15) is 8.42 Å². The van der Waals surface area contributed by atoms with Crippen LogP contribution in [-0.4, -0.2) is 49.6 Å². The smallest absolute Gasteiger partial charge is 0.286 e. The van der Waals surface area contributed by atoms with E-state index in [1.54, 1.807) is 6.08 Å². The second-order valence-electron chi connectivity index (χ2n) is 9.70. The van der Waals surface area contributed by atoms with Crippen molar-refractivity contribution in [2.45, 2.75) is 62.4 Å². The maximum absolute atomic E-state index is 14.7. The molecule has 34 heavy (non-hydrogen) atoms. The van der Waals surface area contributed by atoms with E-state index in [0.29, 0.717) is 54.2 Å². The van der Waals surface area contributed by atoms with E-state index < -0.39 is 15.8 Å². The zero-order chi connectivity index (χ0) is 23.8. The van der Waals surface area contributed by atoms with E-state index in [0.717, 1.165) is 25.3 Å². The van der Waals surface area contributed by atoms with E-state index in [1.807, 2.05) is 17.9 Å². The molecule has 178 valence electrons. The van der Waals surface area contributed by atoms with E-state index in [1.165, 1.54) is 11.0 Å². The van der Waals surface area contributed by atoms with Gasteiger partial charge in [0, 0.05) is 29.7 Å². The molecule has 0 aromatic heterocycles. The molecule has 1 saturated heterocycles. The van der Waals surface area contributed by atoms with Gasteiger partial charge >= 0.3 is 0 Å². The van der Waals surface area contributed by atoms with Crippen LogP contribution in [-0.2, 0) is 19.6 Å². The normalized spacial score (nSPS) is 28.0. The number of hydrogen-bond donors (Lipinski definition) is 1. The van der Waals surface area contributed by atoms with Crippen molar-refractivity contribution in [3.63, 3.8) is 0 Å². The highest BCUT2D eigenvalue weighted by Crippen LogP contribution is 2.43. The summed E-state index contributed by atoms with van der Waals surface area (Å²) in [7, 11) is -4.03. The van der Waals surface area contributed by atoms with Crippen molar-refractivity contribution < 1.29 is 22.4 Å². The number of nitrogens with zero attached hydrogens (tertiary/aromatic N) is 3. The number of carbonyl (C=O) groups excluding carboxylic acids is 2. The molecule has 5 aliphatic rings. The number of anilines is 2. The Morgan fingerprint density at radius 3 is 2.65 bits per heavy atom. The van der Waals surface area contributed by atoms with Gasteiger partial charge in [-0.1, -0.05) is 12.2 Å². The second kappa shape index (κ2) is 7.49. The lowest BCUT2D eigenvalue weighted by Crippen LogP contribution is -2.53. The molecule has 1 aromatic carbocycles. The van der Waals surface area contributed by atoms with Crippen molar-refractivity contribution in [3.05, 3.63) is 41.2 Å². The Kier molecular flexibility index (Phi) is 4.74. The molecular formula is C24H25FN4O4S. The fourth-order valence-corrected chi connectivity index (χ4v) is 6.63. The first-order valence-corrected chi connectivity index (χ1v) is 13.2. The molecule has 2 amide bonds. The minimum absolute atomic E-state index is 0.0369. The van der Waals surface area contributed by atoms with Crippen molar-refractivity contribution in [2.75, 3.05) is 16.8 Å². The molecule has 3 heterocycles. The van der Waals surface area contributed by atoms with Crippen LogP contribution in [0.5, 0.6) is 0 Å². The SMILES string of the molecule is C[C@@H]1CC[C@H](N2C(=O)C3=C(CCC=C3)C2=O)CN1c1cc(F)cc2c1NC(C1CC1)=NS2(=O)=O. The Morgan fingerprint density at radius 2 is 1.91 bits per heavy atom. The van der Waals surface area contributed by atoms with Crippen LogP contribution in [0.2, 0.25) is 0 Å². The van der Waals surface area contributed by atoms with Crippen molar-refractivity contribution in [1.29, 1.82) is 0 Å². The standard InChI is InChI=1S/C24H25FN4O4S/c1-13-6-9-16(29-23(30)17-4-2-3-5-18(17)24(29)31)12-28(13)19-10-15(25)11-20-21(19)26-22(14-7-8-14)27-34(20,32)33/h2,4,10-11,13-14,16H,3,5-9,12H2,1H3,(H,26,27)/t13-,16+/m1/s1. The molecule has 8 nitrogen and oxygen atoms in total. The number of halogens is 1. The van der Waals surface area contributed by atoms with Gasteiger partial charge in [0.15, 0.2) is 0 Å². The second-order valence-corrected chi connectivity index (χ2v) is 11.3. The van der Waals surface area contributed by atoms with Crippen molar-refractivity contribution in [1.82, 2.24) is 4.90 Å². The number of sulfonamides is 1. The maximum atomic E-state index is 14.7. The lowest BCUT2D eigenvalue weighted by Gasteiger charge is -2.43. The predicted octanol–water partition coefficient (Wildman–Crippen LogP) is 3.12. The quantitative estimate of drug-likeness (QED) is 0.662. The summed E-state index contributed by atoms with van der Waals surface area (Å²) in [6.45, 7) is 2.29. The van der Waals surface area contributed by atoms with Crippen LogP contribution in [0.1, 0.15) is 45.4 Å². The zero-order valence-electron chi connectivity index (χ0n) is 18.8. The summed E-state index contributed by atoms with van der Waals surface area (Å²) in [6.07, 6.45) is 7.97. The molecule has 0 radical (unpaired) electrons. The monoisotopic (exact) mass is 484 g/mol. The largest absolute Gasteiger partial charge is 0.365 e. The van der Waals surface area contributed by atoms with Gasteiger partial charge in [-0.25, -0.2) is 4.39 Å². The van der Waals surface area contributed by atoms with Crippen molar-refractivity contribution in [2.24, 2.45) is 10.3 Å². The molecule has 2 aliphatic carbocycles. The van der Waals surface area contributed by atoms with E-state index >= 15 is 0 Å². The van der Waals surface area contributed by atoms with E-state index in [2.05, 4.69) is 9.71 Å². The number of hydrogen-bond acceptors (Lipinski definition) is 6. The van der Waals surface area contributed by atoms with Crippen molar-refractivity contribution >= 4 is 39.0 Å². The lowest BCUT2D eigenvalue weighted by atomic mass is 9.96. The molecule has 1 N–H and O–H groups in total. The Labute approximate surface area is 197 Å². The first-order chi connectivity index (χ1) is 16.2. The highest BCUT2D eigenvalue weighted by Gasteiger charge is 2.44. The highest BCUT2D eigenvalue weighted by molar-refractivity contribution is 7.90. The average molecular weight is 485 g/mol. The van der Waals surface area contributed by atoms with Crippen LogP contribution in [0.25, 0.3) is 0 Å². The summed E-state index contributed by atoms with van der Waals surface area (Å²) >= 11 is 0. The third-order valence-electron chi connectivity index (χ3n) is 7.39. The zero-order valence-corrected chi connectivity index (χ0v) is 19.6. The number of amides is 2. The Morgan fingerprint density at radius 1 is 1.12 bits per heavy atom. The fourth-order valence-electron chi connectivity index (χ4n) is 5.41. The summed E-state index contributed by atoms with van der Waals surface area (Å²) < 4.78 is 44.3. The summed E-state index contributed by atoms with van der Waals surface area (Å²) in [5.41, 5.74) is 1.78. The molecule has 3 aliphatic heterocycles. The van der Waals surface area contributed by atoms with Gasteiger partial charge in [0.1, 0.15) is 16.5 Å². The maximum Gasteiger partial charge on any atom is 0.286 e. The van der Waals surface area contributed by atoms with Gasteiger partial charge in [-0.15, -0.1) is 4.40 Å². The minimum Gasteiger partial charge on any atom is -0.365 e. The molecule has 6 rings (SSSR count). The van der Waals surface area contributed by atoms with Crippen LogP contribution in [0.4, 0.5) is 15.8 Å². The molecule has 2 atom stereocenters. The number of allylic oxidation sites excluding steroid dienone is 1. The van der Waals surface area contributed by atoms with Crippen LogP contribution >= 0.6 is 0 Å². The fraction of sp³-hybridized carbons (Fsp3) is 0.458. The Balaban J connectivity index is 1.36. The summed E-state index contributed by atoms with van der Waals surface area (Å²) in [4.78, 5) is 29.3. The number of carbonyl (C=O) groups is 2. The van der Waals surface area contributed by atoms with Crippen LogP contribution in [0.3, 0.4) is 0 Å². The van der Waals surface area contributed by atoms with Gasteiger partial charge in [-0.3, -0.25) is 14.5 Å². The molecule has 0 spiro atoms. The molecule has 0 bridgehead atoms. The van der Waals surface area contributed by atoms with Crippen LogP contribution in [0.15, 0.2) is 44.7 Å². The van der Waals surface area contributed by atoms with Crippen LogP contribution in [0, 0.1) is 11.7 Å². The van der Waals surface area contributed by atoms with E-state index in [-0.39, 0.29) is 34.7 Å². The number of imide groups is 1. The first-order valence-electron chi connectivity index (χ1n) is 11.7. The average Bonchev–Trinajstić information content (AvgIpc) is 3.62. The Hall–Kier alpha value is -3.01. The topological polar surface area (TPSA) is 99.2 Å². The van der Waals surface area contributed by atoms with Gasteiger partial charge in [0.2, 0.25) is 0 Å². The highest BCUT2D eigenvalue weighted by atomic mass is 32.2. The number of amidine groups is 1. The number of rotatable bonds is 3. The number of nitrogens with one attached hydrogen (secondary N) is 1. The molecular weight excluding hydrogens is 459 g/mol. The molecule has 1 saturated carbocycles. The molecule has 10 heteroatoms. The number of piperidine rings is 1. The summed E-state index contributed by atoms with van der Waals surface area (Å²) in [5.74, 6) is -0.726. The first kappa shape index (κ1) is 21.5. The third-order valence-corrected chi connectivity index (χ3v) is 8.70. The molecule has 0 unspecified atom stereocenters. The Bertz CT molecular complexity index is 1330. The number of fused-ring (bicyclic) bond motifs is 1. The van der Waals surface area contributed by atoms with Gasteiger partial charge in [-0.05, 0) is 57.6 Å². The molecule has 2 fully saturated rings. The van der Waals surface area contributed by atoms with Crippen molar-refractivity contribution in [3.8, 4) is 0 Å². The number of benzene rings is 1.